The molecule has 2 aromatic heterocycles. The second-order valence-corrected chi connectivity index (χ2v) is 28.5. The number of rotatable bonds is 22. The third-order valence-electron chi connectivity index (χ3n) is 21.6. The van der Waals surface area contributed by atoms with Crippen LogP contribution in [0.4, 0.5) is 40.3 Å². The molecule has 8 heterocycles. The normalized spacial score (nSPS) is 21.5. The zero-order valence-electron chi connectivity index (χ0n) is 56.3. The molecule has 4 amide bonds. The number of H-pyrrole nitrogens is 2. The number of nitrogens with one attached hydrogen (secondary N) is 6. The van der Waals surface area contributed by atoms with Crippen molar-refractivity contribution in [3.05, 3.63) is 116 Å². The number of nitrogens with zero attached hydrogens (tertiary/aromatic N) is 8. The maximum atomic E-state index is 15.1. The van der Waals surface area contributed by atoms with Gasteiger partial charge in [-0.2, -0.15) is 0 Å². The predicted octanol–water partition coefficient (Wildman–Crippen LogP) is 7.74. The van der Waals surface area contributed by atoms with Crippen molar-refractivity contribution in [3.63, 3.8) is 0 Å². The highest BCUT2D eigenvalue weighted by molar-refractivity contribution is 6.02. The Balaban J connectivity index is 0.000000178. The maximum Gasteiger partial charge on any atom is 0.261 e. The van der Waals surface area contributed by atoms with Gasteiger partial charge in [0.15, 0.2) is 0 Å². The van der Waals surface area contributed by atoms with E-state index in [1.807, 2.05) is 0 Å². The third kappa shape index (κ3) is 17.9. The highest BCUT2D eigenvalue weighted by Crippen LogP contribution is 2.33. The summed E-state index contributed by atoms with van der Waals surface area (Å²) in [6, 6.07) is 14.8. The van der Waals surface area contributed by atoms with Crippen molar-refractivity contribution < 1.29 is 46.2 Å². The molecule has 8 aliphatic rings. The molecular weight excluding hydrogens is 1280 g/mol. The number of ether oxygens (including phenoxy) is 2. The van der Waals surface area contributed by atoms with Gasteiger partial charge in [-0.25, -0.2) is 27.5 Å². The summed E-state index contributed by atoms with van der Waals surface area (Å²) in [7, 11) is 0. The average Bonchev–Trinajstić information content (AvgIpc) is 1.19. The number of carbonyl (C=O) groups is 4. The van der Waals surface area contributed by atoms with Crippen LogP contribution >= 0.6 is 0 Å². The first-order chi connectivity index (χ1) is 48.0. The van der Waals surface area contributed by atoms with Crippen LogP contribution in [0.15, 0.2) is 70.3 Å². The Morgan fingerprint density at radius 3 is 1.17 bits per heavy atom. The number of fused-ring (bicyclic) bond motifs is 2. The molecule has 99 heavy (non-hydrogen) atoms. The first-order valence-corrected chi connectivity index (χ1v) is 35.9. The van der Waals surface area contributed by atoms with Crippen molar-refractivity contribution in [2.75, 3.05) is 138 Å². The van der Waals surface area contributed by atoms with Gasteiger partial charge in [0.25, 0.3) is 11.1 Å². The monoisotopic (exact) mass is 1370 g/mol. The summed E-state index contributed by atoms with van der Waals surface area (Å²) in [5, 5.41) is 10.7. The van der Waals surface area contributed by atoms with Gasteiger partial charge in [-0.05, 0) is 125 Å². The summed E-state index contributed by atoms with van der Waals surface area (Å²) in [6.07, 6.45) is 15.0. The third-order valence-corrected chi connectivity index (χ3v) is 21.6. The summed E-state index contributed by atoms with van der Waals surface area (Å²) in [5.41, 5.74) is 2.01. The summed E-state index contributed by atoms with van der Waals surface area (Å²) in [4.78, 5) is 101. The number of piperidine rings is 4. The van der Waals surface area contributed by atoms with Crippen LogP contribution in [0.25, 0.3) is 21.8 Å². The molecule has 0 spiro atoms. The van der Waals surface area contributed by atoms with Gasteiger partial charge in [-0.3, -0.25) is 49.2 Å². The first-order valence-electron chi connectivity index (χ1n) is 35.9. The van der Waals surface area contributed by atoms with E-state index in [9.17, 15) is 37.5 Å². The molecule has 6 saturated heterocycles. The van der Waals surface area contributed by atoms with E-state index in [0.29, 0.717) is 107 Å². The molecule has 0 bridgehead atoms. The van der Waals surface area contributed by atoms with Gasteiger partial charge < -0.3 is 49.7 Å². The fraction of sp³-hybridized carbons (Fsp3) is 0.562. The second kappa shape index (κ2) is 32.0. The van der Waals surface area contributed by atoms with Crippen LogP contribution in [-0.2, 0) is 32.0 Å². The van der Waals surface area contributed by atoms with Crippen molar-refractivity contribution in [2.24, 2.45) is 23.7 Å². The van der Waals surface area contributed by atoms with E-state index in [1.54, 1.807) is 36.4 Å². The summed E-state index contributed by atoms with van der Waals surface area (Å²) >= 11 is 0. The highest BCUT2D eigenvalue weighted by atomic mass is 19.1. The molecule has 2 unspecified atom stereocenters. The second-order valence-electron chi connectivity index (χ2n) is 28.5. The van der Waals surface area contributed by atoms with Crippen LogP contribution in [0.2, 0.25) is 0 Å². The van der Waals surface area contributed by atoms with E-state index in [0.717, 1.165) is 169 Å². The molecular formula is C73H92F4N14O8. The Morgan fingerprint density at radius 1 is 0.424 bits per heavy atom. The van der Waals surface area contributed by atoms with Gasteiger partial charge in [-0.1, -0.05) is 44.9 Å². The lowest BCUT2D eigenvalue weighted by molar-refractivity contribution is -0.135. The van der Waals surface area contributed by atoms with Crippen molar-refractivity contribution >= 4 is 68.2 Å². The quantitative estimate of drug-likeness (QED) is 0.0281. The zero-order chi connectivity index (χ0) is 68.5. The number of imide groups is 2. The molecule has 2 saturated carbocycles. The lowest BCUT2D eigenvalue weighted by Crippen LogP contribution is -2.49. The molecule has 530 valence electrons. The number of aromatic amines is 2. The van der Waals surface area contributed by atoms with E-state index in [1.165, 1.54) is 43.5 Å². The van der Waals surface area contributed by atoms with Crippen molar-refractivity contribution in [1.29, 1.82) is 0 Å². The molecule has 6 aromatic rings. The van der Waals surface area contributed by atoms with Gasteiger partial charge in [0.05, 0.1) is 35.6 Å². The molecule has 14 rings (SSSR count). The van der Waals surface area contributed by atoms with Gasteiger partial charge >= 0.3 is 0 Å². The minimum Gasteiger partial charge on any atom is -0.493 e. The fourth-order valence-electron chi connectivity index (χ4n) is 15.3. The molecule has 6 N–H and O–H groups in total. The van der Waals surface area contributed by atoms with Crippen LogP contribution in [0.3, 0.4) is 0 Å². The average molecular weight is 1370 g/mol. The van der Waals surface area contributed by atoms with Crippen LogP contribution in [0, 0.1) is 46.9 Å². The highest BCUT2D eigenvalue weighted by Gasteiger charge is 2.31. The van der Waals surface area contributed by atoms with E-state index in [4.69, 9.17) is 9.47 Å². The summed E-state index contributed by atoms with van der Waals surface area (Å²) in [6.45, 7) is 15.1. The Labute approximate surface area is 573 Å². The lowest BCUT2D eigenvalue weighted by Gasteiger charge is -2.38. The number of amides is 4. The smallest absolute Gasteiger partial charge is 0.261 e. The molecule has 0 radical (unpaired) electrons. The zero-order valence-corrected chi connectivity index (χ0v) is 56.3. The number of aromatic nitrogens is 4. The number of benzene rings is 4. The lowest BCUT2D eigenvalue weighted by atomic mass is 9.83. The Bertz CT molecular complexity index is 3990. The Kier molecular flexibility index (Phi) is 22.4. The van der Waals surface area contributed by atoms with Crippen molar-refractivity contribution in [2.45, 2.75) is 121 Å². The first kappa shape index (κ1) is 69.3. The van der Waals surface area contributed by atoms with Crippen LogP contribution in [0.1, 0.15) is 108 Å². The Hall–Kier alpha value is -8.20. The van der Waals surface area contributed by atoms with Crippen LogP contribution in [-0.4, -0.2) is 193 Å². The molecule has 2 atom stereocenters. The number of hydrogen-bond acceptors (Lipinski definition) is 18. The Morgan fingerprint density at radius 2 is 0.808 bits per heavy atom. The minimum atomic E-state index is -0.602. The van der Waals surface area contributed by atoms with E-state index in [-0.39, 0.29) is 58.9 Å². The number of carbonyl (C=O) groups excluding carboxylic acids is 4. The number of halogens is 4. The van der Waals surface area contributed by atoms with Crippen molar-refractivity contribution in [3.8, 4) is 11.5 Å². The van der Waals surface area contributed by atoms with Gasteiger partial charge in [0.2, 0.25) is 23.6 Å². The van der Waals surface area contributed by atoms with E-state index >= 15 is 8.78 Å². The molecule has 4 aromatic carbocycles. The maximum absolute atomic E-state index is 15.1. The largest absolute Gasteiger partial charge is 0.493 e. The number of piperazine rings is 2. The predicted molar refractivity (Wildman–Crippen MR) is 370 cm³/mol. The molecule has 2 aliphatic carbocycles. The van der Waals surface area contributed by atoms with Crippen LogP contribution in [0.5, 0.6) is 11.5 Å². The molecule has 6 aliphatic heterocycles. The van der Waals surface area contributed by atoms with E-state index in [2.05, 4.69) is 70.6 Å². The number of anilines is 4. The SMILES string of the molecule is O=C1CCC(Nc2ccc(N3CCN(CCN4CCC(COc5cc(F)c6c(=O)[nH]c(CC7CCC7)nc6c5)CC4)CC3)c(F)c2)C(=O)N1.O=C1CCC(Nc2ccc(N3CCN(CCN4CCC(COc5cc(F)c6c(=O)[nH]c(CC7CCCC7)nc6c5)CC4)CC3)c(F)c2)C(=O)N1. The molecule has 26 heteroatoms. The topological polar surface area (TPSA) is 246 Å². The van der Waals surface area contributed by atoms with Crippen molar-refractivity contribution in [1.82, 2.24) is 50.2 Å². The molecule has 22 nitrogen and oxygen atoms in total. The summed E-state index contributed by atoms with van der Waals surface area (Å²) < 4.78 is 72.1. The minimum absolute atomic E-state index is 0.00959. The molecule has 8 fully saturated rings. The van der Waals surface area contributed by atoms with Gasteiger partial charge in [0, 0.05) is 140 Å². The fourth-order valence-corrected chi connectivity index (χ4v) is 15.3. The van der Waals surface area contributed by atoms with Crippen LogP contribution < -0.4 is 51.7 Å². The standard InChI is InChI=1S/C37H47F2N7O4.C36H45F2N7O4/c38-28-20-26(40-30-6-8-34(47)43-36(30)48)5-7-32(28)46-17-15-45(16-18-46)14-13-44-11-9-25(10-12-44)23-50-27-21-29(39)35-31(22-27)41-33(42-37(35)49)19-24-3-1-2-4-24;37-27-19-25(39-29-5-7-33(46)42-35(29)47)4-6-31(27)45-16-14-44(15-17-45)13-12-43-10-8-24(9-11-43)22-49-26-20-28(38)34-30(21-26)40-32(41-36(34)48)18-23-2-1-3-23/h5,7,20-22,24-25,30,40H,1-4,6,8-19,23H2,(H,41,42,49)(H,43,47,48);4,6,19-21,23-24,29,39H,1-3,5,7-18,22H2,(H,40,41,48)(H,42,46,47). The van der Waals surface area contributed by atoms with E-state index < -0.39 is 34.8 Å². The number of hydrogen-bond donors (Lipinski definition) is 6. The summed E-state index contributed by atoms with van der Waals surface area (Å²) in [5.74, 6) is 0.719. The van der Waals surface area contributed by atoms with Gasteiger partial charge in [-0.15, -0.1) is 0 Å². The van der Waals surface area contributed by atoms with Gasteiger partial charge in [0.1, 0.15) is 69.3 Å². The number of likely N-dealkylation sites (tertiary alicyclic amines) is 2.